The molecule has 0 spiro atoms. The highest BCUT2D eigenvalue weighted by molar-refractivity contribution is 5.89. The van der Waals surface area contributed by atoms with E-state index in [1.54, 1.807) is 13.0 Å². The van der Waals surface area contributed by atoms with Crippen LogP contribution in [0.5, 0.6) is 11.5 Å². The number of esters is 1. The van der Waals surface area contributed by atoms with Crippen LogP contribution in [0.1, 0.15) is 63.0 Å². The van der Waals surface area contributed by atoms with Gasteiger partial charge >= 0.3 is 5.97 Å². The Labute approximate surface area is 179 Å². The monoisotopic (exact) mass is 408 g/mol. The van der Waals surface area contributed by atoms with Crippen LogP contribution in [0.25, 0.3) is 11.1 Å². The van der Waals surface area contributed by atoms with E-state index >= 15 is 0 Å². The third-order valence-electron chi connectivity index (χ3n) is 5.74. The van der Waals surface area contributed by atoms with E-state index in [4.69, 9.17) is 14.6 Å². The van der Waals surface area contributed by atoms with Crippen LogP contribution in [-0.4, -0.2) is 24.3 Å². The fourth-order valence-electron chi connectivity index (χ4n) is 4.09. The molecule has 0 aliphatic heterocycles. The molecule has 160 valence electrons. The Balaban J connectivity index is 1.95. The van der Waals surface area contributed by atoms with Crippen LogP contribution in [0, 0.1) is 0 Å². The highest BCUT2D eigenvalue weighted by Gasteiger charge is 2.18. The Morgan fingerprint density at radius 1 is 1.10 bits per heavy atom. The number of ether oxygens (including phenoxy) is 2. The molecule has 4 heteroatoms. The normalized spacial score (nSPS) is 14.4. The Bertz CT molecular complexity index is 894. The predicted molar refractivity (Wildman–Crippen MR) is 120 cm³/mol. The Morgan fingerprint density at radius 3 is 2.53 bits per heavy atom. The molecule has 0 saturated heterocycles. The maximum atomic E-state index is 12.1. The standard InChI is InChI=1S/C26H32O4/c1-4-19-16-21(20-8-6-5-7-9-20)10-12-23(19)22-11-13-24(29-15-14-27)25(17-22)30-26(28)18(2)3/h10-13,16-17,20,27H,2,4-9,14-15H2,1,3H3. The predicted octanol–water partition coefficient (Wildman–Crippen LogP) is 5.82. The quantitative estimate of drug-likeness (QED) is 0.340. The third kappa shape index (κ3) is 5.31. The van der Waals surface area contributed by atoms with Crippen LogP contribution in [0.2, 0.25) is 0 Å². The van der Waals surface area contributed by atoms with Gasteiger partial charge in [-0.1, -0.05) is 57.0 Å². The zero-order valence-electron chi connectivity index (χ0n) is 18.1. The average molecular weight is 409 g/mol. The van der Waals surface area contributed by atoms with Gasteiger partial charge in [-0.3, -0.25) is 0 Å². The molecular formula is C26H32O4. The largest absolute Gasteiger partial charge is 0.487 e. The topological polar surface area (TPSA) is 55.8 Å². The zero-order chi connectivity index (χ0) is 21.5. The van der Waals surface area contributed by atoms with Gasteiger partial charge in [0.1, 0.15) is 6.61 Å². The molecule has 0 heterocycles. The van der Waals surface area contributed by atoms with Crippen molar-refractivity contribution in [3.8, 4) is 22.6 Å². The Kier molecular flexibility index (Phi) is 7.69. The van der Waals surface area contributed by atoms with Crippen molar-refractivity contribution in [1.82, 2.24) is 0 Å². The molecule has 1 aliphatic carbocycles. The van der Waals surface area contributed by atoms with Crippen molar-refractivity contribution in [3.05, 3.63) is 59.7 Å². The first-order valence-corrected chi connectivity index (χ1v) is 10.9. The molecule has 0 radical (unpaired) electrons. The van der Waals surface area contributed by atoms with Gasteiger partial charge in [-0.2, -0.15) is 0 Å². The van der Waals surface area contributed by atoms with Gasteiger partial charge in [0.25, 0.3) is 0 Å². The highest BCUT2D eigenvalue weighted by Crippen LogP contribution is 2.38. The summed E-state index contributed by atoms with van der Waals surface area (Å²) in [6.07, 6.45) is 7.48. The van der Waals surface area contributed by atoms with Gasteiger partial charge < -0.3 is 14.6 Å². The SMILES string of the molecule is C=C(C)C(=O)Oc1cc(-c2ccc(C3CCCCC3)cc2CC)ccc1OCCO. The number of benzene rings is 2. The minimum Gasteiger partial charge on any atom is -0.487 e. The van der Waals surface area contributed by atoms with Crippen molar-refractivity contribution in [1.29, 1.82) is 0 Å². The molecule has 3 rings (SSSR count). The fraction of sp³-hybridized carbons (Fsp3) is 0.423. The van der Waals surface area contributed by atoms with Crippen LogP contribution >= 0.6 is 0 Å². The molecule has 2 aromatic carbocycles. The van der Waals surface area contributed by atoms with E-state index in [9.17, 15) is 4.79 Å². The summed E-state index contributed by atoms with van der Waals surface area (Å²) in [6, 6.07) is 12.4. The summed E-state index contributed by atoms with van der Waals surface area (Å²) < 4.78 is 11.1. The van der Waals surface area contributed by atoms with Gasteiger partial charge in [-0.25, -0.2) is 4.79 Å². The van der Waals surface area contributed by atoms with Gasteiger partial charge in [0.15, 0.2) is 11.5 Å². The summed E-state index contributed by atoms with van der Waals surface area (Å²) in [6.45, 7) is 7.45. The van der Waals surface area contributed by atoms with E-state index in [1.807, 2.05) is 12.1 Å². The van der Waals surface area contributed by atoms with Crippen molar-refractivity contribution >= 4 is 5.97 Å². The number of hydrogen-bond donors (Lipinski definition) is 1. The van der Waals surface area contributed by atoms with E-state index in [-0.39, 0.29) is 13.2 Å². The third-order valence-corrected chi connectivity index (χ3v) is 5.74. The first-order chi connectivity index (χ1) is 14.5. The average Bonchev–Trinajstić information content (AvgIpc) is 2.78. The number of aliphatic hydroxyl groups excluding tert-OH is 1. The lowest BCUT2D eigenvalue weighted by molar-refractivity contribution is -0.130. The van der Waals surface area contributed by atoms with Crippen molar-refractivity contribution in [2.45, 2.75) is 58.3 Å². The molecule has 1 N–H and O–H groups in total. The molecule has 0 atom stereocenters. The van der Waals surface area contributed by atoms with Crippen LogP contribution in [0.15, 0.2) is 48.6 Å². The van der Waals surface area contributed by atoms with Gasteiger partial charge in [-0.05, 0) is 66.5 Å². The van der Waals surface area contributed by atoms with Crippen molar-refractivity contribution < 1.29 is 19.4 Å². The van der Waals surface area contributed by atoms with Crippen molar-refractivity contribution in [2.75, 3.05) is 13.2 Å². The maximum absolute atomic E-state index is 12.1. The minimum atomic E-state index is -0.496. The number of carbonyl (C=O) groups is 1. The smallest absolute Gasteiger partial charge is 0.338 e. The molecule has 0 aromatic heterocycles. The van der Waals surface area contributed by atoms with Crippen molar-refractivity contribution in [3.63, 3.8) is 0 Å². The molecule has 0 bridgehead atoms. The lowest BCUT2D eigenvalue weighted by atomic mass is 9.82. The van der Waals surface area contributed by atoms with Gasteiger partial charge in [0.2, 0.25) is 0 Å². The van der Waals surface area contributed by atoms with Crippen molar-refractivity contribution in [2.24, 2.45) is 0 Å². The lowest BCUT2D eigenvalue weighted by Gasteiger charge is -2.23. The van der Waals surface area contributed by atoms with Gasteiger partial charge in [0, 0.05) is 5.57 Å². The summed E-state index contributed by atoms with van der Waals surface area (Å²) >= 11 is 0. The van der Waals surface area contributed by atoms with E-state index in [0.29, 0.717) is 23.0 Å². The summed E-state index contributed by atoms with van der Waals surface area (Å²) in [7, 11) is 0. The second-order valence-corrected chi connectivity index (χ2v) is 8.01. The summed E-state index contributed by atoms with van der Waals surface area (Å²) in [5.41, 5.74) is 5.16. The number of rotatable bonds is 8. The number of aliphatic hydroxyl groups is 1. The Morgan fingerprint density at radius 2 is 1.87 bits per heavy atom. The lowest BCUT2D eigenvalue weighted by Crippen LogP contribution is -2.10. The molecule has 1 saturated carbocycles. The molecule has 1 aliphatic rings. The van der Waals surface area contributed by atoms with Crippen LogP contribution in [-0.2, 0) is 11.2 Å². The van der Waals surface area contributed by atoms with E-state index in [0.717, 1.165) is 17.5 Å². The van der Waals surface area contributed by atoms with Crippen LogP contribution in [0.4, 0.5) is 0 Å². The maximum Gasteiger partial charge on any atom is 0.338 e. The van der Waals surface area contributed by atoms with Gasteiger partial charge in [-0.15, -0.1) is 0 Å². The molecule has 1 fully saturated rings. The molecule has 0 unspecified atom stereocenters. The zero-order valence-corrected chi connectivity index (χ0v) is 18.1. The van der Waals surface area contributed by atoms with E-state index in [1.165, 1.54) is 43.2 Å². The first-order valence-electron chi connectivity index (χ1n) is 10.9. The van der Waals surface area contributed by atoms with Gasteiger partial charge in [0.05, 0.1) is 6.61 Å². The van der Waals surface area contributed by atoms with E-state index in [2.05, 4.69) is 31.7 Å². The molecule has 4 nitrogen and oxygen atoms in total. The first kappa shape index (κ1) is 22.1. The highest BCUT2D eigenvalue weighted by atomic mass is 16.6. The number of aryl methyl sites for hydroxylation is 1. The molecule has 30 heavy (non-hydrogen) atoms. The molecule has 0 amide bonds. The second-order valence-electron chi connectivity index (χ2n) is 8.01. The minimum absolute atomic E-state index is 0.113. The molecular weight excluding hydrogens is 376 g/mol. The molecule has 2 aromatic rings. The fourth-order valence-corrected chi connectivity index (χ4v) is 4.09. The summed E-state index contributed by atoms with van der Waals surface area (Å²) in [5.74, 6) is 0.940. The van der Waals surface area contributed by atoms with Crippen LogP contribution in [0.3, 0.4) is 0 Å². The summed E-state index contributed by atoms with van der Waals surface area (Å²) in [5, 5.41) is 9.08. The second kappa shape index (κ2) is 10.4. The number of hydrogen-bond acceptors (Lipinski definition) is 4. The Hall–Kier alpha value is -2.59. The number of carbonyl (C=O) groups excluding carboxylic acids is 1. The van der Waals surface area contributed by atoms with Crippen LogP contribution < -0.4 is 9.47 Å². The summed E-state index contributed by atoms with van der Waals surface area (Å²) in [4.78, 5) is 12.1. The van der Waals surface area contributed by atoms with E-state index < -0.39 is 5.97 Å².